The van der Waals surface area contributed by atoms with E-state index in [4.69, 9.17) is 4.74 Å². The third kappa shape index (κ3) is 4.16. The van der Waals surface area contributed by atoms with Gasteiger partial charge in [-0.2, -0.15) is 13.2 Å². The molecule has 0 saturated heterocycles. The Morgan fingerprint density at radius 1 is 1.30 bits per heavy atom. The number of benzene rings is 1. The van der Waals surface area contributed by atoms with Crippen molar-refractivity contribution in [1.82, 2.24) is 14.5 Å². The van der Waals surface area contributed by atoms with Gasteiger partial charge < -0.3 is 9.72 Å². The predicted octanol–water partition coefficient (Wildman–Crippen LogP) is 4.84. The number of nitrogens with one attached hydrogen (secondary N) is 1. The van der Waals surface area contributed by atoms with Crippen LogP contribution in [0.15, 0.2) is 38.7 Å². The van der Waals surface area contributed by atoms with Crippen molar-refractivity contribution in [2.24, 2.45) is 0 Å². The molecule has 0 spiro atoms. The van der Waals surface area contributed by atoms with Crippen LogP contribution in [-0.2, 0) is 0 Å². The molecule has 10 heteroatoms. The van der Waals surface area contributed by atoms with Crippen molar-refractivity contribution >= 4 is 38.7 Å². The van der Waals surface area contributed by atoms with Gasteiger partial charge in [-0.3, -0.25) is 9.36 Å². The lowest BCUT2D eigenvalue weighted by molar-refractivity contribution is -0.153. The number of aromatic amines is 1. The molecule has 0 aliphatic heterocycles. The highest BCUT2D eigenvalue weighted by molar-refractivity contribution is 9.10. The Kier molecular flexibility index (Phi) is 5.57. The van der Waals surface area contributed by atoms with Gasteiger partial charge in [0.05, 0.1) is 15.5 Å². The SMILES string of the molecule is CCSc1nc2[nH]c(C)c(Br)c2c(=O)n1-c1ccc(OCC(F)(F)F)cc1. The molecule has 0 fully saturated rings. The number of fused-ring (bicyclic) bond motifs is 1. The molecular formula is C17H15BrF3N3O2S. The van der Waals surface area contributed by atoms with Gasteiger partial charge in [0.2, 0.25) is 0 Å². The van der Waals surface area contributed by atoms with Gasteiger partial charge in [0, 0.05) is 5.69 Å². The maximum atomic E-state index is 13.1. The van der Waals surface area contributed by atoms with Crippen LogP contribution in [0.5, 0.6) is 5.75 Å². The first-order valence-corrected chi connectivity index (χ1v) is 9.72. The zero-order valence-electron chi connectivity index (χ0n) is 14.4. The summed E-state index contributed by atoms with van der Waals surface area (Å²) in [5, 5.41) is 0.915. The third-order valence-corrected chi connectivity index (χ3v) is 5.49. The van der Waals surface area contributed by atoms with Crippen molar-refractivity contribution in [3.8, 4) is 11.4 Å². The average molecular weight is 462 g/mol. The summed E-state index contributed by atoms with van der Waals surface area (Å²) in [6.07, 6.45) is -4.41. The lowest BCUT2D eigenvalue weighted by Gasteiger charge is -2.13. The van der Waals surface area contributed by atoms with Crippen molar-refractivity contribution in [2.75, 3.05) is 12.4 Å². The lowest BCUT2D eigenvalue weighted by atomic mass is 10.3. The molecule has 0 radical (unpaired) electrons. The van der Waals surface area contributed by atoms with Gasteiger partial charge >= 0.3 is 6.18 Å². The molecular weight excluding hydrogens is 447 g/mol. The summed E-state index contributed by atoms with van der Waals surface area (Å²) < 4.78 is 43.6. The van der Waals surface area contributed by atoms with Crippen LogP contribution in [-0.4, -0.2) is 33.1 Å². The van der Waals surface area contributed by atoms with E-state index in [9.17, 15) is 18.0 Å². The summed E-state index contributed by atoms with van der Waals surface area (Å²) >= 11 is 4.80. The van der Waals surface area contributed by atoms with E-state index in [1.165, 1.54) is 40.6 Å². The van der Waals surface area contributed by atoms with Crippen molar-refractivity contribution in [3.05, 3.63) is 44.8 Å². The Morgan fingerprint density at radius 2 is 1.96 bits per heavy atom. The zero-order valence-corrected chi connectivity index (χ0v) is 16.8. The number of aromatic nitrogens is 3. The number of ether oxygens (including phenoxy) is 1. The van der Waals surface area contributed by atoms with Crippen LogP contribution in [0.1, 0.15) is 12.6 Å². The topological polar surface area (TPSA) is 59.9 Å². The minimum absolute atomic E-state index is 0.0709. The summed E-state index contributed by atoms with van der Waals surface area (Å²) in [4.78, 5) is 20.7. The summed E-state index contributed by atoms with van der Waals surface area (Å²) in [6.45, 7) is 2.40. The Morgan fingerprint density at radius 3 is 2.56 bits per heavy atom. The Balaban J connectivity index is 2.07. The van der Waals surface area contributed by atoms with E-state index in [1.807, 2.05) is 13.8 Å². The van der Waals surface area contributed by atoms with Crippen LogP contribution in [0.3, 0.4) is 0 Å². The second-order valence-electron chi connectivity index (χ2n) is 5.65. The number of thioether (sulfide) groups is 1. The fourth-order valence-electron chi connectivity index (χ4n) is 2.52. The van der Waals surface area contributed by atoms with Crippen LogP contribution < -0.4 is 10.3 Å². The number of rotatable bonds is 5. The van der Waals surface area contributed by atoms with E-state index >= 15 is 0 Å². The third-order valence-electron chi connectivity index (χ3n) is 3.68. The predicted molar refractivity (Wildman–Crippen MR) is 102 cm³/mol. The number of aryl methyl sites for hydroxylation is 1. The molecule has 2 aromatic heterocycles. The van der Waals surface area contributed by atoms with Crippen LogP contribution >= 0.6 is 27.7 Å². The van der Waals surface area contributed by atoms with Crippen LogP contribution in [0.4, 0.5) is 13.2 Å². The molecule has 0 amide bonds. The number of hydrogen-bond donors (Lipinski definition) is 1. The minimum atomic E-state index is -4.41. The Bertz CT molecular complexity index is 1030. The Labute approximate surface area is 165 Å². The first-order chi connectivity index (χ1) is 12.7. The molecule has 0 aliphatic carbocycles. The number of nitrogens with zero attached hydrogens (tertiary/aromatic N) is 2. The highest BCUT2D eigenvalue weighted by Gasteiger charge is 2.28. The first-order valence-electron chi connectivity index (χ1n) is 7.95. The van der Waals surface area contributed by atoms with Gasteiger partial charge in [0.15, 0.2) is 11.8 Å². The van der Waals surface area contributed by atoms with E-state index in [0.29, 0.717) is 32.1 Å². The quantitative estimate of drug-likeness (QED) is 0.436. The molecule has 0 saturated carbocycles. The van der Waals surface area contributed by atoms with Crippen molar-refractivity contribution < 1.29 is 17.9 Å². The van der Waals surface area contributed by atoms with Crippen molar-refractivity contribution in [1.29, 1.82) is 0 Å². The molecule has 27 heavy (non-hydrogen) atoms. The zero-order chi connectivity index (χ0) is 19.8. The number of H-pyrrole nitrogens is 1. The van der Waals surface area contributed by atoms with E-state index in [0.717, 1.165) is 5.69 Å². The maximum absolute atomic E-state index is 13.1. The molecule has 5 nitrogen and oxygen atoms in total. The van der Waals surface area contributed by atoms with Crippen molar-refractivity contribution in [3.63, 3.8) is 0 Å². The lowest BCUT2D eigenvalue weighted by Crippen LogP contribution is -2.22. The average Bonchev–Trinajstić information content (AvgIpc) is 2.88. The Hall–Kier alpha value is -1.94. The molecule has 0 aliphatic rings. The van der Waals surface area contributed by atoms with Crippen LogP contribution in [0.2, 0.25) is 0 Å². The monoisotopic (exact) mass is 461 g/mol. The molecule has 144 valence electrons. The normalized spacial score (nSPS) is 11.9. The van der Waals surface area contributed by atoms with E-state index in [1.54, 1.807) is 0 Å². The molecule has 0 atom stereocenters. The molecule has 1 aromatic carbocycles. The smallest absolute Gasteiger partial charge is 0.422 e. The second kappa shape index (κ2) is 7.59. The maximum Gasteiger partial charge on any atom is 0.422 e. The summed E-state index contributed by atoms with van der Waals surface area (Å²) in [7, 11) is 0. The number of halogens is 4. The van der Waals surface area contributed by atoms with Crippen LogP contribution in [0.25, 0.3) is 16.7 Å². The summed E-state index contributed by atoms with van der Waals surface area (Å²) in [6, 6.07) is 5.87. The van der Waals surface area contributed by atoms with Gasteiger partial charge in [-0.25, -0.2) is 4.98 Å². The van der Waals surface area contributed by atoms with E-state index < -0.39 is 12.8 Å². The fourth-order valence-corrected chi connectivity index (χ4v) is 3.71. The molecule has 1 N–H and O–H groups in total. The van der Waals surface area contributed by atoms with E-state index in [2.05, 4.69) is 25.9 Å². The number of hydrogen-bond acceptors (Lipinski definition) is 4. The van der Waals surface area contributed by atoms with Gasteiger partial charge in [-0.1, -0.05) is 18.7 Å². The van der Waals surface area contributed by atoms with Gasteiger partial charge in [-0.15, -0.1) is 0 Å². The molecule has 3 rings (SSSR count). The largest absolute Gasteiger partial charge is 0.484 e. The fraction of sp³-hybridized carbons (Fsp3) is 0.294. The highest BCUT2D eigenvalue weighted by Crippen LogP contribution is 2.28. The molecule has 0 bridgehead atoms. The second-order valence-corrected chi connectivity index (χ2v) is 7.68. The van der Waals surface area contributed by atoms with E-state index in [-0.39, 0.29) is 11.3 Å². The molecule has 0 unspecified atom stereocenters. The molecule has 3 aromatic rings. The summed E-state index contributed by atoms with van der Waals surface area (Å²) in [5.41, 5.74) is 1.50. The minimum Gasteiger partial charge on any atom is -0.484 e. The standard InChI is InChI=1S/C17H15BrF3N3O2S/c1-3-27-16-23-14-12(13(18)9(2)22-14)15(25)24(16)10-4-6-11(7-5-10)26-8-17(19,20)21/h4-7,22H,3,8H2,1-2H3. The van der Waals surface area contributed by atoms with Gasteiger partial charge in [-0.05, 0) is 52.9 Å². The number of alkyl halides is 3. The summed E-state index contributed by atoms with van der Waals surface area (Å²) in [5.74, 6) is 0.771. The molecule has 2 heterocycles. The van der Waals surface area contributed by atoms with Gasteiger partial charge in [0.25, 0.3) is 5.56 Å². The van der Waals surface area contributed by atoms with Gasteiger partial charge in [0.1, 0.15) is 11.4 Å². The first kappa shape index (κ1) is 19.8. The van der Waals surface area contributed by atoms with Crippen molar-refractivity contribution in [2.45, 2.75) is 25.2 Å². The highest BCUT2D eigenvalue weighted by atomic mass is 79.9. The van der Waals surface area contributed by atoms with Crippen LogP contribution in [0, 0.1) is 6.92 Å².